The Morgan fingerprint density at radius 3 is 2.23 bits per heavy atom. The van der Waals surface area contributed by atoms with Crippen molar-refractivity contribution in [3.05, 3.63) is 97.1 Å². The fraction of sp³-hybridized carbons (Fsp3) is 0.429. The van der Waals surface area contributed by atoms with Gasteiger partial charge in [-0.2, -0.15) is 23.3 Å². The van der Waals surface area contributed by atoms with Gasteiger partial charge >= 0.3 is 6.18 Å². The SMILES string of the molecule is CCN(CC)CCN(Cc1ccc(-c2ccc(C(F)(F)F)cc2)cc1)C(=O)Cn1nc(C2CCCC2)c(=O)nc1SCc1csc(Cl)c1. The average molecular weight is 718 g/mol. The van der Waals surface area contributed by atoms with Crippen molar-refractivity contribution in [1.29, 1.82) is 0 Å². The van der Waals surface area contributed by atoms with Gasteiger partial charge in [-0.15, -0.1) is 11.3 Å². The van der Waals surface area contributed by atoms with Gasteiger partial charge in [0.2, 0.25) is 5.91 Å². The van der Waals surface area contributed by atoms with Crippen LogP contribution in [-0.4, -0.2) is 56.7 Å². The standard InChI is InChI=1S/C35H39ClF3N5O2S2/c1-3-42(4-2)17-18-43(20-24-9-11-26(12-10-24)27-13-15-29(16-14-27)35(37,38)39)31(45)21-44-34(48-23-25-19-30(36)47-22-25)40-33(46)32(41-44)28-7-5-6-8-28/h9-16,19,22,28H,3-8,17-18,20-21,23H2,1-2H3. The molecule has 13 heteroatoms. The molecule has 48 heavy (non-hydrogen) atoms. The van der Waals surface area contributed by atoms with E-state index in [0.29, 0.717) is 46.1 Å². The fourth-order valence-corrected chi connectivity index (χ4v) is 7.73. The number of amides is 1. The predicted octanol–water partition coefficient (Wildman–Crippen LogP) is 8.36. The third-order valence-electron chi connectivity index (χ3n) is 8.69. The third kappa shape index (κ3) is 9.49. The Bertz CT molecular complexity index is 1720. The second-order valence-corrected chi connectivity index (χ2v) is 14.4. The summed E-state index contributed by atoms with van der Waals surface area (Å²) in [6.45, 7) is 7.31. The van der Waals surface area contributed by atoms with E-state index in [1.54, 1.807) is 9.58 Å². The number of halogens is 4. The summed E-state index contributed by atoms with van der Waals surface area (Å²) >= 11 is 8.93. The first kappa shape index (κ1) is 36.1. The van der Waals surface area contributed by atoms with Crippen LogP contribution in [0.2, 0.25) is 4.34 Å². The van der Waals surface area contributed by atoms with E-state index >= 15 is 0 Å². The monoisotopic (exact) mass is 717 g/mol. The lowest BCUT2D eigenvalue weighted by atomic mass is 10.0. The maximum atomic E-state index is 14.1. The van der Waals surface area contributed by atoms with Crippen molar-refractivity contribution in [2.45, 2.75) is 75.6 Å². The Morgan fingerprint density at radius 2 is 1.65 bits per heavy atom. The molecule has 0 N–H and O–H groups in total. The molecule has 7 nitrogen and oxygen atoms in total. The van der Waals surface area contributed by atoms with Gasteiger partial charge in [0.1, 0.15) is 12.2 Å². The molecule has 0 atom stereocenters. The van der Waals surface area contributed by atoms with Gasteiger partial charge in [0.15, 0.2) is 5.16 Å². The number of aromatic nitrogens is 3. The molecule has 1 aliphatic rings. The molecule has 1 saturated carbocycles. The van der Waals surface area contributed by atoms with Crippen LogP contribution in [0, 0.1) is 0 Å². The van der Waals surface area contributed by atoms with E-state index in [2.05, 4.69) is 23.7 Å². The number of benzene rings is 2. The quantitative estimate of drug-likeness (QED) is 0.122. The number of alkyl halides is 3. The normalized spacial score (nSPS) is 13.8. The van der Waals surface area contributed by atoms with Gasteiger partial charge < -0.3 is 9.80 Å². The molecule has 0 bridgehead atoms. The Labute approximate surface area is 292 Å². The second kappa shape index (κ2) is 16.5. The molecular weight excluding hydrogens is 679 g/mol. The number of carbonyl (C=O) groups excluding carboxylic acids is 1. The molecular formula is C35H39ClF3N5O2S2. The summed E-state index contributed by atoms with van der Waals surface area (Å²) < 4.78 is 41.4. The van der Waals surface area contributed by atoms with Gasteiger partial charge in [-0.05, 0) is 71.8 Å². The lowest BCUT2D eigenvalue weighted by molar-refractivity contribution is -0.137. The van der Waals surface area contributed by atoms with Crippen molar-refractivity contribution in [2.24, 2.45) is 0 Å². The minimum absolute atomic E-state index is 0.0445. The number of nitrogens with zero attached hydrogens (tertiary/aromatic N) is 5. The maximum Gasteiger partial charge on any atom is 0.416 e. The van der Waals surface area contributed by atoms with Crippen LogP contribution in [0.4, 0.5) is 13.2 Å². The van der Waals surface area contributed by atoms with Crippen LogP contribution in [0.25, 0.3) is 11.1 Å². The third-order valence-corrected chi connectivity index (χ3v) is 10.9. The van der Waals surface area contributed by atoms with Crippen molar-refractivity contribution in [3.63, 3.8) is 0 Å². The van der Waals surface area contributed by atoms with E-state index in [1.165, 1.54) is 35.2 Å². The maximum absolute atomic E-state index is 14.1. The number of carbonyl (C=O) groups is 1. The average Bonchev–Trinajstić information content (AvgIpc) is 3.76. The van der Waals surface area contributed by atoms with Crippen LogP contribution in [-0.2, 0) is 29.8 Å². The van der Waals surface area contributed by atoms with Crippen molar-refractivity contribution in [1.82, 2.24) is 24.6 Å². The first-order chi connectivity index (χ1) is 23.0. The van der Waals surface area contributed by atoms with E-state index in [1.807, 2.05) is 35.7 Å². The van der Waals surface area contributed by atoms with E-state index in [0.717, 1.165) is 67.6 Å². The van der Waals surface area contributed by atoms with E-state index < -0.39 is 11.7 Å². The van der Waals surface area contributed by atoms with E-state index in [-0.39, 0.29) is 23.9 Å². The van der Waals surface area contributed by atoms with Crippen LogP contribution in [0.5, 0.6) is 0 Å². The van der Waals surface area contributed by atoms with Crippen molar-refractivity contribution < 1.29 is 18.0 Å². The first-order valence-electron chi connectivity index (χ1n) is 16.2. The molecule has 4 aromatic rings. The molecule has 2 heterocycles. The summed E-state index contributed by atoms with van der Waals surface area (Å²) in [5.74, 6) is 0.429. The van der Waals surface area contributed by atoms with Crippen LogP contribution in [0.15, 0.2) is 69.9 Å². The number of rotatable bonds is 14. The number of thiophene rings is 1. The molecule has 2 aromatic heterocycles. The first-order valence-corrected chi connectivity index (χ1v) is 18.4. The zero-order chi connectivity index (χ0) is 34.3. The van der Waals surface area contributed by atoms with Crippen molar-refractivity contribution in [2.75, 3.05) is 26.2 Å². The van der Waals surface area contributed by atoms with Crippen LogP contribution in [0.1, 0.15) is 67.8 Å². The minimum atomic E-state index is -4.39. The molecule has 1 amide bonds. The van der Waals surface area contributed by atoms with Gasteiger partial charge in [0.05, 0.1) is 9.90 Å². The molecule has 2 aromatic carbocycles. The van der Waals surface area contributed by atoms with Gasteiger partial charge in [-0.25, -0.2) is 4.68 Å². The van der Waals surface area contributed by atoms with Gasteiger partial charge in [0, 0.05) is 31.3 Å². The Balaban J connectivity index is 1.38. The highest BCUT2D eigenvalue weighted by Crippen LogP contribution is 2.33. The number of likely N-dealkylation sites (N-methyl/N-ethyl adjacent to an activating group) is 1. The molecule has 5 rings (SSSR count). The van der Waals surface area contributed by atoms with E-state index in [4.69, 9.17) is 16.7 Å². The molecule has 256 valence electrons. The molecule has 0 unspecified atom stereocenters. The highest BCUT2D eigenvalue weighted by atomic mass is 35.5. The lowest BCUT2D eigenvalue weighted by Crippen LogP contribution is -2.40. The van der Waals surface area contributed by atoms with Crippen LogP contribution < -0.4 is 5.56 Å². The van der Waals surface area contributed by atoms with Gasteiger partial charge in [0.25, 0.3) is 5.56 Å². The summed E-state index contributed by atoms with van der Waals surface area (Å²) in [5, 5.41) is 7.11. The van der Waals surface area contributed by atoms with E-state index in [9.17, 15) is 22.8 Å². The van der Waals surface area contributed by atoms with Gasteiger partial charge in [-0.3, -0.25) is 9.59 Å². The highest BCUT2D eigenvalue weighted by molar-refractivity contribution is 7.98. The highest BCUT2D eigenvalue weighted by Gasteiger charge is 2.30. The van der Waals surface area contributed by atoms with Crippen LogP contribution >= 0.6 is 34.7 Å². The van der Waals surface area contributed by atoms with Crippen molar-refractivity contribution in [3.8, 4) is 11.1 Å². The van der Waals surface area contributed by atoms with Crippen LogP contribution in [0.3, 0.4) is 0 Å². The smallest absolute Gasteiger partial charge is 0.335 e. The zero-order valence-corrected chi connectivity index (χ0v) is 29.4. The topological polar surface area (TPSA) is 71.3 Å². The zero-order valence-electron chi connectivity index (χ0n) is 27.0. The summed E-state index contributed by atoms with van der Waals surface area (Å²) in [7, 11) is 0. The summed E-state index contributed by atoms with van der Waals surface area (Å²) in [6, 6.07) is 14.5. The molecule has 1 aliphatic carbocycles. The largest absolute Gasteiger partial charge is 0.416 e. The molecule has 1 fully saturated rings. The Hall–Kier alpha value is -3.19. The summed E-state index contributed by atoms with van der Waals surface area (Å²) in [4.78, 5) is 35.7. The molecule has 0 aliphatic heterocycles. The number of hydrogen-bond acceptors (Lipinski definition) is 7. The Kier molecular flexibility index (Phi) is 12.4. The predicted molar refractivity (Wildman–Crippen MR) is 186 cm³/mol. The number of thioether (sulfide) groups is 1. The Morgan fingerprint density at radius 1 is 1.00 bits per heavy atom. The van der Waals surface area contributed by atoms with Crippen molar-refractivity contribution >= 4 is 40.6 Å². The summed E-state index contributed by atoms with van der Waals surface area (Å²) in [5.41, 5.74) is 2.76. The second-order valence-electron chi connectivity index (χ2n) is 11.9. The molecule has 0 radical (unpaired) electrons. The summed E-state index contributed by atoms with van der Waals surface area (Å²) in [6.07, 6.45) is -0.541. The molecule has 0 saturated heterocycles. The molecule has 0 spiro atoms. The number of hydrogen-bond donors (Lipinski definition) is 0. The van der Waals surface area contributed by atoms with Gasteiger partial charge in [-0.1, -0.05) is 86.5 Å². The minimum Gasteiger partial charge on any atom is -0.335 e. The fourth-order valence-electron chi connectivity index (χ4n) is 5.85. The lowest BCUT2D eigenvalue weighted by Gasteiger charge is -2.27.